The van der Waals surface area contributed by atoms with Crippen molar-refractivity contribution in [2.45, 2.75) is 13.0 Å². The van der Waals surface area contributed by atoms with Gasteiger partial charge in [0.25, 0.3) is 0 Å². The zero-order valence-electron chi connectivity index (χ0n) is 10.9. The first-order valence-corrected chi connectivity index (χ1v) is 6.47. The molecule has 0 saturated carbocycles. The van der Waals surface area contributed by atoms with E-state index in [1.807, 2.05) is 25.1 Å². The van der Waals surface area contributed by atoms with Crippen LogP contribution in [-0.2, 0) is 0 Å². The van der Waals surface area contributed by atoms with E-state index in [2.05, 4.69) is 15.6 Å². The molecule has 0 aliphatic heterocycles. The van der Waals surface area contributed by atoms with E-state index in [1.54, 1.807) is 24.4 Å². The monoisotopic (exact) mass is 290 g/mol. The topological polar surface area (TPSA) is 80.0 Å². The van der Waals surface area contributed by atoms with Crippen LogP contribution < -0.4 is 16.4 Å². The lowest BCUT2D eigenvalue weighted by molar-refractivity contribution is 0.259. The minimum Gasteiger partial charge on any atom is -0.377 e. The predicted octanol–water partition coefficient (Wildman–Crippen LogP) is 3.40. The van der Waals surface area contributed by atoms with Gasteiger partial charge in [-0.2, -0.15) is 0 Å². The van der Waals surface area contributed by atoms with Crippen LogP contribution in [0.2, 0.25) is 5.15 Å². The molecule has 0 fully saturated rings. The van der Waals surface area contributed by atoms with Gasteiger partial charge in [0.1, 0.15) is 5.15 Å². The molecule has 0 spiro atoms. The summed E-state index contributed by atoms with van der Waals surface area (Å²) < 4.78 is 0. The molecule has 1 unspecified atom stereocenters. The fourth-order valence-corrected chi connectivity index (χ4v) is 1.90. The first-order chi connectivity index (χ1) is 9.54. The van der Waals surface area contributed by atoms with E-state index in [4.69, 9.17) is 17.3 Å². The van der Waals surface area contributed by atoms with Gasteiger partial charge in [0.15, 0.2) is 0 Å². The molecule has 1 heterocycles. The van der Waals surface area contributed by atoms with Gasteiger partial charge in [0.05, 0.1) is 11.9 Å². The zero-order chi connectivity index (χ0) is 14.5. The summed E-state index contributed by atoms with van der Waals surface area (Å²) in [5, 5.41) is 6.30. The Morgan fingerprint density at radius 2 is 1.85 bits per heavy atom. The Bertz CT molecular complexity index is 583. The van der Waals surface area contributed by atoms with E-state index in [0.29, 0.717) is 10.8 Å². The van der Waals surface area contributed by atoms with E-state index >= 15 is 0 Å². The second kappa shape index (κ2) is 6.25. The fourth-order valence-electron chi connectivity index (χ4n) is 1.79. The number of carbonyl (C=O) groups is 1. The van der Waals surface area contributed by atoms with Crippen molar-refractivity contribution in [3.63, 3.8) is 0 Å². The highest BCUT2D eigenvalue weighted by molar-refractivity contribution is 6.29. The summed E-state index contributed by atoms with van der Waals surface area (Å²) in [4.78, 5) is 14.8. The largest absolute Gasteiger partial charge is 0.377 e. The summed E-state index contributed by atoms with van der Waals surface area (Å²) in [6, 6.07) is 10.6. The van der Waals surface area contributed by atoms with Crippen LogP contribution in [0.4, 0.5) is 16.2 Å². The van der Waals surface area contributed by atoms with E-state index < -0.39 is 6.03 Å². The molecule has 20 heavy (non-hydrogen) atoms. The van der Waals surface area contributed by atoms with Crippen molar-refractivity contribution in [3.05, 3.63) is 53.3 Å². The first-order valence-electron chi connectivity index (χ1n) is 6.09. The number of carbonyl (C=O) groups excluding carboxylic acids is 1. The minimum atomic E-state index is -0.573. The lowest BCUT2D eigenvalue weighted by atomic mass is 10.1. The molecule has 1 aromatic carbocycles. The Morgan fingerprint density at radius 1 is 1.20 bits per heavy atom. The van der Waals surface area contributed by atoms with Crippen molar-refractivity contribution in [2.75, 3.05) is 10.6 Å². The Balaban J connectivity index is 2.03. The van der Waals surface area contributed by atoms with Gasteiger partial charge in [-0.25, -0.2) is 9.78 Å². The van der Waals surface area contributed by atoms with E-state index in [-0.39, 0.29) is 6.04 Å². The number of aromatic nitrogens is 1. The van der Waals surface area contributed by atoms with Gasteiger partial charge in [0.2, 0.25) is 0 Å². The molecule has 6 heteroatoms. The normalized spacial score (nSPS) is 11.7. The molecule has 0 saturated heterocycles. The summed E-state index contributed by atoms with van der Waals surface area (Å²) in [5.74, 6) is 0. The van der Waals surface area contributed by atoms with E-state index in [9.17, 15) is 4.79 Å². The number of amides is 2. The number of nitrogens with two attached hydrogens (primary N) is 1. The van der Waals surface area contributed by atoms with Crippen molar-refractivity contribution < 1.29 is 4.79 Å². The Labute approximate surface area is 122 Å². The summed E-state index contributed by atoms with van der Waals surface area (Å²) in [6.07, 6.45) is 1.68. The molecule has 1 atom stereocenters. The van der Waals surface area contributed by atoms with Gasteiger partial charge in [-0.3, -0.25) is 0 Å². The Kier molecular flexibility index (Phi) is 4.42. The molecule has 4 N–H and O–H groups in total. The number of primary amides is 1. The van der Waals surface area contributed by atoms with E-state index in [1.165, 1.54) is 0 Å². The van der Waals surface area contributed by atoms with Crippen LogP contribution in [0, 0.1) is 0 Å². The summed E-state index contributed by atoms with van der Waals surface area (Å²) in [7, 11) is 0. The number of hydrogen-bond donors (Lipinski definition) is 3. The van der Waals surface area contributed by atoms with Gasteiger partial charge >= 0.3 is 6.03 Å². The molecular formula is C14H15ClN4O. The third-order valence-electron chi connectivity index (χ3n) is 2.79. The molecule has 2 amide bonds. The standard InChI is InChI=1S/C14H15ClN4O/c1-9(18-12-6-7-13(15)17-8-12)10-2-4-11(5-3-10)19-14(16)20/h2-9,18H,1H3,(H3,16,19,20). The van der Waals surface area contributed by atoms with Crippen molar-refractivity contribution in [2.24, 2.45) is 5.73 Å². The molecular weight excluding hydrogens is 276 g/mol. The Hall–Kier alpha value is -2.27. The highest BCUT2D eigenvalue weighted by Crippen LogP contribution is 2.21. The van der Waals surface area contributed by atoms with Crippen molar-refractivity contribution >= 4 is 29.0 Å². The zero-order valence-corrected chi connectivity index (χ0v) is 11.7. The maximum absolute atomic E-state index is 10.7. The third-order valence-corrected chi connectivity index (χ3v) is 3.01. The van der Waals surface area contributed by atoms with Crippen LogP contribution in [0.1, 0.15) is 18.5 Å². The van der Waals surface area contributed by atoms with Gasteiger partial charge in [-0.05, 0) is 36.8 Å². The number of nitrogens with zero attached hydrogens (tertiary/aromatic N) is 1. The predicted molar refractivity (Wildman–Crippen MR) is 80.9 cm³/mol. The molecule has 5 nitrogen and oxygen atoms in total. The maximum Gasteiger partial charge on any atom is 0.316 e. The maximum atomic E-state index is 10.7. The average molecular weight is 291 g/mol. The van der Waals surface area contributed by atoms with Crippen molar-refractivity contribution in [1.82, 2.24) is 4.98 Å². The van der Waals surface area contributed by atoms with Crippen LogP contribution >= 0.6 is 11.6 Å². The average Bonchev–Trinajstić information content (AvgIpc) is 2.41. The summed E-state index contributed by atoms with van der Waals surface area (Å²) in [6.45, 7) is 2.03. The summed E-state index contributed by atoms with van der Waals surface area (Å²) in [5.41, 5.74) is 7.69. The van der Waals surface area contributed by atoms with Crippen molar-refractivity contribution in [3.8, 4) is 0 Å². The number of nitrogens with one attached hydrogen (secondary N) is 2. The number of urea groups is 1. The van der Waals surface area contributed by atoms with Crippen LogP contribution in [0.3, 0.4) is 0 Å². The molecule has 0 aliphatic carbocycles. The van der Waals surface area contributed by atoms with Crippen LogP contribution in [0.5, 0.6) is 0 Å². The second-order valence-corrected chi connectivity index (χ2v) is 4.73. The fraction of sp³-hybridized carbons (Fsp3) is 0.143. The second-order valence-electron chi connectivity index (χ2n) is 4.35. The number of pyridine rings is 1. The molecule has 0 bridgehead atoms. The molecule has 104 valence electrons. The smallest absolute Gasteiger partial charge is 0.316 e. The highest BCUT2D eigenvalue weighted by atomic mass is 35.5. The lowest BCUT2D eigenvalue weighted by Gasteiger charge is -2.16. The molecule has 2 rings (SSSR count). The number of benzene rings is 1. The van der Waals surface area contributed by atoms with Crippen LogP contribution in [0.25, 0.3) is 0 Å². The Morgan fingerprint density at radius 3 is 2.40 bits per heavy atom. The van der Waals surface area contributed by atoms with Gasteiger partial charge in [-0.1, -0.05) is 23.7 Å². The third kappa shape index (κ3) is 3.86. The van der Waals surface area contributed by atoms with Crippen LogP contribution in [0.15, 0.2) is 42.6 Å². The first kappa shape index (κ1) is 14.1. The number of hydrogen-bond acceptors (Lipinski definition) is 3. The van der Waals surface area contributed by atoms with E-state index in [0.717, 1.165) is 11.3 Å². The van der Waals surface area contributed by atoms with Crippen molar-refractivity contribution in [1.29, 1.82) is 0 Å². The molecule has 0 aliphatic rings. The van der Waals surface area contributed by atoms with Gasteiger partial charge in [-0.15, -0.1) is 0 Å². The highest BCUT2D eigenvalue weighted by Gasteiger charge is 2.06. The molecule has 0 radical (unpaired) electrons. The lowest BCUT2D eigenvalue weighted by Crippen LogP contribution is -2.19. The van der Waals surface area contributed by atoms with Gasteiger partial charge in [0, 0.05) is 11.7 Å². The van der Waals surface area contributed by atoms with Crippen LogP contribution in [-0.4, -0.2) is 11.0 Å². The number of anilines is 2. The SMILES string of the molecule is CC(Nc1ccc(Cl)nc1)c1ccc(NC(N)=O)cc1. The number of rotatable bonds is 4. The summed E-state index contributed by atoms with van der Waals surface area (Å²) >= 11 is 5.74. The quantitative estimate of drug-likeness (QED) is 0.755. The minimum absolute atomic E-state index is 0.0978. The van der Waals surface area contributed by atoms with Gasteiger partial charge < -0.3 is 16.4 Å². The molecule has 1 aromatic heterocycles. The number of halogens is 1. The molecule has 2 aromatic rings.